The zero-order valence-electron chi connectivity index (χ0n) is 12.1. The zero-order chi connectivity index (χ0) is 15.6. The van der Waals surface area contributed by atoms with Crippen LogP contribution in [-0.2, 0) is 11.2 Å². The minimum absolute atomic E-state index is 0.0631. The third kappa shape index (κ3) is 3.95. The molecule has 6 nitrogen and oxygen atoms in total. The molecule has 2 amide bonds. The number of aliphatic hydroxyl groups excluding tert-OH is 1. The Morgan fingerprint density at radius 1 is 1.52 bits per heavy atom. The normalized spacial score (nSPS) is 23.1. The van der Waals surface area contributed by atoms with Crippen molar-refractivity contribution < 1.29 is 19.8 Å². The van der Waals surface area contributed by atoms with Crippen molar-refractivity contribution in [3.05, 3.63) is 21.9 Å². The maximum Gasteiger partial charge on any atom is 0.326 e. The van der Waals surface area contributed by atoms with Crippen LogP contribution in [0.3, 0.4) is 0 Å². The molecule has 3 N–H and O–H groups in total. The van der Waals surface area contributed by atoms with Gasteiger partial charge in [0.05, 0.1) is 6.10 Å². The molecule has 1 aliphatic heterocycles. The van der Waals surface area contributed by atoms with Gasteiger partial charge in [0, 0.05) is 35.2 Å². The third-order valence-electron chi connectivity index (χ3n) is 3.50. The van der Waals surface area contributed by atoms with Crippen molar-refractivity contribution in [2.75, 3.05) is 6.54 Å². The second-order valence-corrected chi connectivity index (χ2v) is 6.84. The van der Waals surface area contributed by atoms with Gasteiger partial charge in [-0.1, -0.05) is 0 Å². The summed E-state index contributed by atoms with van der Waals surface area (Å²) in [7, 11) is 0. The Hall–Kier alpha value is -1.60. The topological polar surface area (TPSA) is 89.9 Å². The summed E-state index contributed by atoms with van der Waals surface area (Å²) < 4.78 is 0. The highest BCUT2D eigenvalue weighted by atomic mass is 32.1. The van der Waals surface area contributed by atoms with E-state index in [-0.39, 0.29) is 19.0 Å². The van der Waals surface area contributed by atoms with E-state index in [1.165, 1.54) is 14.7 Å². The highest BCUT2D eigenvalue weighted by Crippen LogP contribution is 2.19. The molecule has 3 atom stereocenters. The van der Waals surface area contributed by atoms with Crippen LogP contribution < -0.4 is 5.32 Å². The average molecular weight is 312 g/mol. The van der Waals surface area contributed by atoms with E-state index in [0.717, 1.165) is 0 Å². The highest BCUT2D eigenvalue weighted by Gasteiger charge is 2.39. The molecule has 1 aromatic heterocycles. The molecule has 0 radical (unpaired) electrons. The molecule has 0 spiro atoms. The van der Waals surface area contributed by atoms with Crippen molar-refractivity contribution in [1.82, 2.24) is 10.2 Å². The molecule has 3 unspecified atom stereocenters. The van der Waals surface area contributed by atoms with Crippen molar-refractivity contribution in [3.63, 3.8) is 0 Å². The van der Waals surface area contributed by atoms with E-state index in [2.05, 4.69) is 5.32 Å². The van der Waals surface area contributed by atoms with Crippen LogP contribution >= 0.6 is 11.3 Å². The van der Waals surface area contributed by atoms with Gasteiger partial charge in [0.25, 0.3) is 0 Å². The van der Waals surface area contributed by atoms with Gasteiger partial charge in [0.15, 0.2) is 0 Å². The smallest absolute Gasteiger partial charge is 0.326 e. The fourth-order valence-corrected chi connectivity index (χ4v) is 3.53. The molecule has 1 saturated heterocycles. The molecular weight excluding hydrogens is 292 g/mol. The number of carboxylic acids is 1. The van der Waals surface area contributed by atoms with Gasteiger partial charge < -0.3 is 20.4 Å². The number of aliphatic carboxylic acids is 1. The van der Waals surface area contributed by atoms with Crippen LogP contribution in [-0.4, -0.2) is 51.8 Å². The van der Waals surface area contributed by atoms with Crippen LogP contribution in [0.15, 0.2) is 12.1 Å². The summed E-state index contributed by atoms with van der Waals surface area (Å²) >= 11 is 1.68. The molecule has 0 aliphatic carbocycles. The van der Waals surface area contributed by atoms with Gasteiger partial charge in [0.2, 0.25) is 0 Å². The lowest BCUT2D eigenvalue weighted by atomic mass is 10.2. The van der Waals surface area contributed by atoms with E-state index in [0.29, 0.717) is 6.42 Å². The highest BCUT2D eigenvalue weighted by molar-refractivity contribution is 7.11. The fraction of sp³-hybridized carbons (Fsp3) is 0.571. The summed E-state index contributed by atoms with van der Waals surface area (Å²) in [6.45, 7) is 3.98. The van der Waals surface area contributed by atoms with Gasteiger partial charge in [-0.25, -0.2) is 9.59 Å². The number of aryl methyl sites for hydroxylation is 1. The van der Waals surface area contributed by atoms with E-state index >= 15 is 0 Å². The molecule has 2 rings (SSSR count). The number of nitrogens with zero attached hydrogens (tertiary/aromatic N) is 1. The molecule has 1 aromatic rings. The van der Waals surface area contributed by atoms with E-state index in [1.54, 1.807) is 11.3 Å². The number of likely N-dealkylation sites (tertiary alicyclic amines) is 1. The van der Waals surface area contributed by atoms with E-state index in [4.69, 9.17) is 5.11 Å². The van der Waals surface area contributed by atoms with Crippen LogP contribution in [0.25, 0.3) is 0 Å². The lowest BCUT2D eigenvalue weighted by molar-refractivity contribution is -0.141. The lowest BCUT2D eigenvalue weighted by Gasteiger charge is -2.24. The summed E-state index contributed by atoms with van der Waals surface area (Å²) in [5.74, 6) is -1.08. The Balaban J connectivity index is 1.92. The van der Waals surface area contributed by atoms with E-state index in [1.807, 2.05) is 26.0 Å². The summed E-state index contributed by atoms with van der Waals surface area (Å²) in [4.78, 5) is 26.9. The Kier molecular flexibility index (Phi) is 4.84. The van der Waals surface area contributed by atoms with E-state index < -0.39 is 24.1 Å². The Labute approximate surface area is 127 Å². The number of carboxylic acid groups (broad SMARTS) is 1. The van der Waals surface area contributed by atoms with Gasteiger partial charge in [-0.05, 0) is 26.0 Å². The molecule has 0 bridgehead atoms. The molecule has 1 fully saturated rings. The van der Waals surface area contributed by atoms with Gasteiger partial charge in [0.1, 0.15) is 6.04 Å². The monoisotopic (exact) mass is 312 g/mol. The number of thiophene rings is 1. The van der Waals surface area contributed by atoms with Gasteiger partial charge in [-0.2, -0.15) is 0 Å². The van der Waals surface area contributed by atoms with Crippen molar-refractivity contribution in [2.45, 2.75) is 44.9 Å². The number of nitrogens with one attached hydrogen (secondary N) is 1. The number of hydrogen-bond donors (Lipinski definition) is 3. The first kappa shape index (κ1) is 15.8. The third-order valence-corrected chi connectivity index (χ3v) is 4.52. The largest absolute Gasteiger partial charge is 0.480 e. The number of amides is 2. The SMILES string of the molecule is Cc1ccc(CC(C)NC(=O)N2CC(O)CC2C(=O)O)s1. The summed E-state index contributed by atoms with van der Waals surface area (Å²) in [5.41, 5.74) is 0. The fourth-order valence-electron chi connectivity index (χ4n) is 2.51. The number of rotatable bonds is 4. The second-order valence-electron chi connectivity index (χ2n) is 5.46. The quantitative estimate of drug-likeness (QED) is 0.780. The average Bonchev–Trinajstić information content (AvgIpc) is 2.95. The van der Waals surface area contributed by atoms with Gasteiger partial charge in [-0.3, -0.25) is 0 Å². The first-order valence-corrected chi connectivity index (χ1v) is 7.71. The predicted octanol–water partition coefficient (Wildman–Crippen LogP) is 1.22. The maximum atomic E-state index is 12.2. The molecular formula is C14H20N2O4S. The van der Waals surface area contributed by atoms with Crippen molar-refractivity contribution >= 4 is 23.3 Å². The van der Waals surface area contributed by atoms with Crippen molar-refractivity contribution in [3.8, 4) is 0 Å². The minimum atomic E-state index is -1.08. The van der Waals surface area contributed by atoms with Crippen LogP contribution in [0, 0.1) is 6.92 Å². The molecule has 2 heterocycles. The maximum absolute atomic E-state index is 12.2. The standard InChI is InChI=1S/C14H20N2O4S/c1-8(5-11-4-3-9(2)21-11)15-14(20)16-7-10(17)6-12(16)13(18)19/h3-4,8,10,12,17H,5-7H2,1-2H3,(H,15,20)(H,18,19). The minimum Gasteiger partial charge on any atom is -0.480 e. The Bertz CT molecular complexity index is 531. The predicted molar refractivity (Wildman–Crippen MR) is 79.5 cm³/mol. The number of carbonyl (C=O) groups is 2. The summed E-state index contributed by atoms with van der Waals surface area (Å²) in [6, 6.07) is 2.59. The Morgan fingerprint density at radius 3 is 2.81 bits per heavy atom. The molecule has 0 saturated carbocycles. The zero-order valence-corrected chi connectivity index (χ0v) is 12.9. The molecule has 21 heavy (non-hydrogen) atoms. The van der Waals surface area contributed by atoms with Crippen LogP contribution in [0.1, 0.15) is 23.1 Å². The molecule has 7 heteroatoms. The lowest BCUT2D eigenvalue weighted by Crippen LogP contribution is -2.49. The molecule has 116 valence electrons. The van der Waals surface area contributed by atoms with Crippen LogP contribution in [0.4, 0.5) is 4.79 Å². The number of β-amino-alcohol motifs (C(OH)–C–C–N with tert-alkyl or cyclic N) is 1. The Morgan fingerprint density at radius 2 is 2.24 bits per heavy atom. The molecule has 0 aromatic carbocycles. The van der Waals surface area contributed by atoms with Crippen molar-refractivity contribution in [1.29, 1.82) is 0 Å². The number of hydrogen-bond acceptors (Lipinski definition) is 4. The van der Waals surface area contributed by atoms with Crippen LogP contribution in [0.2, 0.25) is 0 Å². The summed E-state index contributed by atoms with van der Waals surface area (Å²) in [6.07, 6.45) is 0.0201. The molecule has 1 aliphatic rings. The second kappa shape index (κ2) is 6.44. The summed E-state index contributed by atoms with van der Waals surface area (Å²) in [5, 5.41) is 21.5. The number of carbonyl (C=O) groups excluding carboxylic acids is 1. The number of aliphatic hydroxyl groups is 1. The van der Waals surface area contributed by atoms with Crippen molar-refractivity contribution in [2.24, 2.45) is 0 Å². The van der Waals surface area contributed by atoms with Gasteiger partial charge in [-0.15, -0.1) is 11.3 Å². The number of urea groups is 1. The van der Waals surface area contributed by atoms with E-state index in [9.17, 15) is 14.7 Å². The van der Waals surface area contributed by atoms with Crippen LogP contribution in [0.5, 0.6) is 0 Å². The first-order valence-electron chi connectivity index (χ1n) is 6.90. The van der Waals surface area contributed by atoms with Gasteiger partial charge >= 0.3 is 12.0 Å². The first-order chi connectivity index (χ1) is 9.86.